The van der Waals surface area contributed by atoms with Gasteiger partial charge in [-0.15, -0.1) is 0 Å². The van der Waals surface area contributed by atoms with Crippen LogP contribution < -0.4 is 9.47 Å². The number of carbonyl (C=O) groups excluding carboxylic acids is 1. The molecule has 208 valence electrons. The molecule has 41 heavy (non-hydrogen) atoms. The summed E-state index contributed by atoms with van der Waals surface area (Å²) < 4.78 is 17.5. The highest BCUT2D eigenvalue weighted by Crippen LogP contribution is 2.38. The molecule has 1 aliphatic rings. The summed E-state index contributed by atoms with van der Waals surface area (Å²) in [6.45, 7) is 7.28. The molecule has 1 aliphatic carbocycles. The number of hydrogen-bond donors (Lipinski definition) is 0. The van der Waals surface area contributed by atoms with Crippen molar-refractivity contribution in [2.75, 3.05) is 13.2 Å². The fourth-order valence-electron chi connectivity index (χ4n) is 5.75. The van der Waals surface area contributed by atoms with Crippen molar-refractivity contribution in [2.24, 2.45) is 0 Å². The predicted molar refractivity (Wildman–Crippen MR) is 160 cm³/mol. The Morgan fingerprint density at radius 1 is 0.878 bits per heavy atom. The molecule has 4 aromatic carbocycles. The lowest BCUT2D eigenvalue weighted by Gasteiger charge is -2.18. The van der Waals surface area contributed by atoms with Gasteiger partial charge >= 0.3 is 5.97 Å². The first kappa shape index (κ1) is 28.0. The lowest BCUT2D eigenvalue weighted by atomic mass is 9.90. The summed E-state index contributed by atoms with van der Waals surface area (Å²) in [5, 5.41) is 9.09. The molecule has 5 rings (SSSR count). The number of benzene rings is 4. The lowest BCUT2D eigenvalue weighted by Crippen LogP contribution is -2.12. The maximum Gasteiger partial charge on any atom is 0.338 e. The summed E-state index contributed by atoms with van der Waals surface area (Å²) in [6, 6.07) is 28.0. The van der Waals surface area contributed by atoms with E-state index in [0.29, 0.717) is 24.5 Å². The van der Waals surface area contributed by atoms with Crippen molar-refractivity contribution >= 4 is 5.97 Å². The highest BCUT2D eigenvalue weighted by atomic mass is 16.6. The second-order valence-electron chi connectivity index (χ2n) is 10.6. The van der Waals surface area contributed by atoms with Crippen LogP contribution in [0.25, 0.3) is 11.1 Å². The minimum Gasteiger partial charge on any atom is -0.490 e. The average molecular weight is 546 g/mol. The molecule has 0 aliphatic heterocycles. The first-order valence-electron chi connectivity index (χ1n) is 14.1. The van der Waals surface area contributed by atoms with Crippen LogP contribution in [-0.2, 0) is 17.8 Å². The second-order valence-corrected chi connectivity index (χ2v) is 10.6. The van der Waals surface area contributed by atoms with Gasteiger partial charge in [0, 0.05) is 6.42 Å². The summed E-state index contributed by atoms with van der Waals surface area (Å²) in [5.74, 6) is 1.62. The van der Waals surface area contributed by atoms with Crippen LogP contribution in [0.1, 0.15) is 62.5 Å². The Morgan fingerprint density at radius 2 is 1.66 bits per heavy atom. The van der Waals surface area contributed by atoms with Gasteiger partial charge in [0.2, 0.25) is 0 Å². The molecule has 0 aromatic heterocycles. The van der Waals surface area contributed by atoms with E-state index in [2.05, 4.69) is 57.2 Å². The molecule has 5 nitrogen and oxygen atoms in total. The van der Waals surface area contributed by atoms with Crippen molar-refractivity contribution in [3.63, 3.8) is 0 Å². The SMILES string of the molecule is Cc1cc(OCCOC(=O)c2ccccc2)cc(C)c1-c1cccc(COc2ccc3c(c2)CCC3CC#N)c1C. The third kappa shape index (κ3) is 6.44. The van der Waals surface area contributed by atoms with Crippen LogP contribution in [0.15, 0.2) is 78.9 Å². The quantitative estimate of drug-likeness (QED) is 0.149. The zero-order valence-corrected chi connectivity index (χ0v) is 23.9. The number of hydrogen-bond acceptors (Lipinski definition) is 5. The van der Waals surface area contributed by atoms with Gasteiger partial charge < -0.3 is 14.2 Å². The van der Waals surface area contributed by atoms with E-state index < -0.39 is 0 Å². The number of nitriles is 1. The number of nitrogens with zero attached hydrogens (tertiary/aromatic N) is 1. The van der Waals surface area contributed by atoms with Gasteiger partial charge in [0.15, 0.2) is 0 Å². The normalized spacial score (nSPS) is 13.8. The predicted octanol–water partition coefficient (Wildman–Crippen LogP) is 8.04. The molecule has 0 fully saturated rings. The monoisotopic (exact) mass is 545 g/mol. The van der Waals surface area contributed by atoms with E-state index >= 15 is 0 Å². The molecule has 0 saturated carbocycles. The summed E-state index contributed by atoms with van der Waals surface area (Å²) in [4.78, 5) is 12.1. The van der Waals surface area contributed by atoms with Crippen LogP contribution in [0.3, 0.4) is 0 Å². The molecule has 0 saturated heterocycles. The number of aryl methyl sites for hydroxylation is 3. The van der Waals surface area contributed by atoms with Crippen molar-refractivity contribution < 1.29 is 19.0 Å². The molecule has 0 heterocycles. The van der Waals surface area contributed by atoms with Gasteiger partial charge in [0.05, 0.1) is 11.6 Å². The van der Waals surface area contributed by atoms with Gasteiger partial charge in [-0.05, 0) is 120 Å². The third-order valence-electron chi connectivity index (χ3n) is 7.86. The minimum atomic E-state index is -0.350. The fraction of sp³-hybridized carbons (Fsp3) is 0.278. The van der Waals surface area contributed by atoms with Crippen molar-refractivity contribution in [3.05, 3.63) is 118 Å². The highest BCUT2D eigenvalue weighted by molar-refractivity contribution is 5.89. The standard InChI is InChI=1S/C36H35NO4/c1-24-20-32(39-18-19-40-36(38)28-8-5-4-6-9-28)21-25(2)35(24)33-11-7-10-30(26(33)3)23-41-31-14-15-34-27(16-17-37)12-13-29(34)22-31/h4-11,14-15,20-22,27H,12-13,16,18-19,23H2,1-3H3. The summed E-state index contributed by atoms with van der Waals surface area (Å²) in [6.07, 6.45) is 2.62. The van der Waals surface area contributed by atoms with E-state index in [4.69, 9.17) is 19.5 Å². The number of fused-ring (bicyclic) bond motifs is 1. The molecule has 0 radical (unpaired) electrons. The zero-order valence-electron chi connectivity index (χ0n) is 23.9. The van der Waals surface area contributed by atoms with Crippen LogP contribution in [0, 0.1) is 32.1 Å². The Balaban J connectivity index is 1.23. The Labute approximate surface area is 242 Å². The van der Waals surface area contributed by atoms with Gasteiger partial charge in [-0.1, -0.05) is 42.5 Å². The van der Waals surface area contributed by atoms with Crippen molar-refractivity contribution in [3.8, 4) is 28.7 Å². The Bertz CT molecular complexity index is 1560. The number of ether oxygens (including phenoxy) is 3. The van der Waals surface area contributed by atoms with Crippen LogP contribution in [-0.4, -0.2) is 19.2 Å². The molecule has 0 N–H and O–H groups in total. The molecular weight excluding hydrogens is 510 g/mol. The van der Waals surface area contributed by atoms with Gasteiger partial charge in [-0.25, -0.2) is 4.79 Å². The van der Waals surface area contributed by atoms with Crippen molar-refractivity contribution in [1.29, 1.82) is 5.26 Å². The van der Waals surface area contributed by atoms with E-state index in [-0.39, 0.29) is 19.2 Å². The summed E-state index contributed by atoms with van der Waals surface area (Å²) >= 11 is 0. The Kier molecular flexibility index (Phi) is 8.70. The van der Waals surface area contributed by atoms with Crippen LogP contribution >= 0.6 is 0 Å². The smallest absolute Gasteiger partial charge is 0.338 e. The maximum absolute atomic E-state index is 12.1. The Morgan fingerprint density at radius 3 is 2.41 bits per heavy atom. The van der Waals surface area contributed by atoms with Crippen LogP contribution in [0.5, 0.6) is 11.5 Å². The van der Waals surface area contributed by atoms with Crippen LogP contribution in [0.4, 0.5) is 0 Å². The van der Waals surface area contributed by atoms with Crippen molar-refractivity contribution in [1.82, 2.24) is 0 Å². The first-order chi connectivity index (χ1) is 19.9. The molecule has 0 spiro atoms. The fourth-order valence-corrected chi connectivity index (χ4v) is 5.75. The molecule has 4 aromatic rings. The van der Waals surface area contributed by atoms with E-state index in [0.717, 1.165) is 41.0 Å². The largest absolute Gasteiger partial charge is 0.490 e. The number of rotatable bonds is 10. The third-order valence-corrected chi connectivity index (χ3v) is 7.86. The van der Waals surface area contributed by atoms with Gasteiger partial charge in [0.25, 0.3) is 0 Å². The maximum atomic E-state index is 12.1. The van der Waals surface area contributed by atoms with Crippen LogP contribution in [0.2, 0.25) is 0 Å². The van der Waals surface area contributed by atoms with E-state index in [1.54, 1.807) is 12.1 Å². The zero-order chi connectivity index (χ0) is 28.8. The second kappa shape index (κ2) is 12.7. The summed E-state index contributed by atoms with van der Waals surface area (Å²) in [7, 11) is 0. The van der Waals surface area contributed by atoms with Gasteiger partial charge in [0.1, 0.15) is 31.3 Å². The average Bonchev–Trinajstić information content (AvgIpc) is 3.37. The van der Waals surface area contributed by atoms with Gasteiger partial charge in [-0.2, -0.15) is 5.26 Å². The topological polar surface area (TPSA) is 68.6 Å². The number of carbonyl (C=O) groups is 1. The molecule has 0 amide bonds. The first-order valence-corrected chi connectivity index (χ1v) is 14.1. The molecule has 1 atom stereocenters. The van der Waals surface area contributed by atoms with Crippen molar-refractivity contribution in [2.45, 2.75) is 52.6 Å². The lowest BCUT2D eigenvalue weighted by molar-refractivity contribution is 0.0450. The van der Waals surface area contributed by atoms with E-state index in [9.17, 15) is 4.79 Å². The Hall–Kier alpha value is -4.56. The van der Waals surface area contributed by atoms with Gasteiger partial charge in [-0.3, -0.25) is 0 Å². The summed E-state index contributed by atoms with van der Waals surface area (Å²) in [5.41, 5.74) is 10.1. The highest BCUT2D eigenvalue weighted by Gasteiger charge is 2.22. The van der Waals surface area contributed by atoms with E-state index in [1.807, 2.05) is 36.4 Å². The molecular formula is C36H35NO4. The molecule has 5 heteroatoms. The minimum absolute atomic E-state index is 0.180. The van der Waals surface area contributed by atoms with E-state index in [1.165, 1.54) is 27.8 Å². The molecule has 0 bridgehead atoms. The number of esters is 1. The molecule has 1 unspecified atom stereocenters.